The molecule has 1 aromatic rings. The monoisotopic (exact) mass is 298 g/mol. The lowest BCUT2D eigenvalue weighted by Crippen LogP contribution is -2.28. The smallest absolute Gasteiger partial charge is 0.269 e. The van der Waals surface area contributed by atoms with E-state index in [-0.39, 0.29) is 25.5 Å². The number of pyridine rings is 1. The summed E-state index contributed by atoms with van der Waals surface area (Å²) >= 11 is 0. The number of ether oxygens (including phenoxy) is 1. The highest BCUT2D eigenvalue weighted by atomic mass is 19.3. The Balaban J connectivity index is 2.36. The molecule has 0 aliphatic carbocycles. The molecule has 21 heavy (non-hydrogen) atoms. The Morgan fingerprint density at radius 1 is 1.48 bits per heavy atom. The maximum absolute atomic E-state index is 11.8. The first-order chi connectivity index (χ1) is 10.1. The number of alkyl halides is 2. The molecule has 0 atom stereocenters. The molecule has 1 heterocycles. The molecule has 0 radical (unpaired) electrons. The van der Waals surface area contributed by atoms with Crippen molar-refractivity contribution < 1.29 is 23.4 Å². The van der Waals surface area contributed by atoms with Crippen LogP contribution in [0.2, 0.25) is 0 Å². The first-order valence-electron chi connectivity index (χ1n) is 6.33. The molecule has 0 unspecified atom stereocenters. The van der Waals surface area contributed by atoms with E-state index in [2.05, 4.69) is 26.9 Å². The van der Waals surface area contributed by atoms with Gasteiger partial charge in [0.25, 0.3) is 12.3 Å². The molecule has 1 aromatic heterocycles. The predicted octanol–water partition coefficient (Wildman–Crippen LogP) is 0.827. The van der Waals surface area contributed by atoms with Crippen molar-refractivity contribution in [1.82, 2.24) is 10.3 Å². The minimum Gasteiger partial charge on any atom is -0.395 e. The van der Waals surface area contributed by atoms with Gasteiger partial charge in [-0.3, -0.25) is 4.79 Å². The number of aromatic nitrogens is 1. The number of nitrogens with zero attached hydrogens (tertiary/aromatic N) is 1. The van der Waals surface area contributed by atoms with Crippen molar-refractivity contribution in [2.24, 2.45) is 0 Å². The second kappa shape index (κ2) is 9.80. The van der Waals surface area contributed by atoms with Crippen molar-refractivity contribution in [3.05, 3.63) is 29.6 Å². The quantitative estimate of drug-likeness (QED) is 0.578. The van der Waals surface area contributed by atoms with E-state index < -0.39 is 18.9 Å². The van der Waals surface area contributed by atoms with Gasteiger partial charge < -0.3 is 15.2 Å². The van der Waals surface area contributed by atoms with Crippen LogP contribution in [-0.2, 0) is 4.74 Å². The number of rotatable bonds is 7. The zero-order valence-electron chi connectivity index (χ0n) is 11.3. The molecule has 0 saturated carbocycles. The van der Waals surface area contributed by atoms with Crippen LogP contribution >= 0.6 is 0 Å². The van der Waals surface area contributed by atoms with Crippen LogP contribution in [0.4, 0.5) is 8.78 Å². The summed E-state index contributed by atoms with van der Waals surface area (Å²) in [6, 6.07) is 3.15. The minimum atomic E-state index is -2.51. The third-order valence-corrected chi connectivity index (χ3v) is 2.24. The van der Waals surface area contributed by atoms with Crippen molar-refractivity contribution in [2.75, 3.05) is 26.4 Å². The van der Waals surface area contributed by atoms with Gasteiger partial charge in [-0.15, -0.1) is 0 Å². The predicted molar refractivity (Wildman–Crippen MR) is 72.0 cm³/mol. The van der Waals surface area contributed by atoms with Gasteiger partial charge in [-0.1, -0.05) is 11.8 Å². The fourth-order valence-electron chi connectivity index (χ4n) is 1.32. The standard InChI is InChI=1S/C14H16F2N2O3/c15-13(16)10-21-8-6-17-14(20)12-5-4-11(9-18-12)3-1-2-7-19/h4-5,9,13,19H,2,6-8,10H2,(H,17,20). The van der Waals surface area contributed by atoms with Gasteiger partial charge in [0.05, 0.1) is 13.2 Å². The number of halogens is 2. The number of amides is 1. The summed E-state index contributed by atoms with van der Waals surface area (Å²) in [6.07, 6.45) is -0.685. The van der Waals surface area contributed by atoms with Gasteiger partial charge in [0.2, 0.25) is 0 Å². The second-order valence-electron chi connectivity index (χ2n) is 3.93. The summed E-state index contributed by atoms with van der Waals surface area (Å²) in [5.41, 5.74) is 0.844. The van der Waals surface area contributed by atoms with Crippen molar-refractivity contribution in [2.45, 2.75) is 12.8 Å². The average molecular weight is 298 g/mol. The van der Waals surface area contributed by atoms with Crippen molar-refractivity contribution in [1.29, 1.82) is 0 Å². The highest BCUT2D eigenvalue weighted by molar-refractivity contribution is 5.92. The van der Waals surface area contributed by atoms with Crippen LogP contribution in [0, 0.1) is 11.8 Å². The van der Waals surface area contributed by atoms with E-state index in [1.807, 2.05) is 0 Å². The second-order valence-corrected chi connectivity index (χ2v) is 3.93. The molecule has 114 valence electrons. The minimum absolute atomic E-state index is 0.00541. The fraction of sp³-hybridized carbons (Fsp3) is 0.429. The zero-order valence-corrected chi connectivity index (χ0v) is 11.3. The van der Waals surface area contributed by atoms with Gasteiger partial charge in [-0.05, 0) is 12.1 Å². The van der Waals surface area contributed by atoms with Gasteiger partial charge in [-0.25, -0.2) is 13.8 Å². The molecule has 0 aromatic carbocycles. The molecule has 5 nitrogen and oxygen atoms in total. The molecule has 0 spiro atoms. The van der Waals surface area contributed by atoms with Crippen LogP contribution in [-0.4, -0.2) is 48.8 Å². The molecule has 0 fully saturated rings. The number of hydrogen-bond donors (Lipinski definition) is 2. The molecule has 0 saturated heterocycles. The Kier molecular flexibility index (Phi) is 7.94. The number of aliphatic hydroxyl groups is 1. The van der Waals surface area contributed by atoms with E-state index in [0.717, 1.165) is 0 Å². The third kappa shape index (κ3) is 7.34. The topological polar surface area (TPSA) is 71.5 Å². The lowest BCUT2D eigenvalue weighted by atomic mass is 10.2. The van der Waals surface area contributed by atoms with E-state index >= 15 is 0 Å². The van der Waals surface area contributed by atoms with Crippen LogP contribution in [0.15, 0.2) is 18.3 Å². The Labute approximate surface area is 121 Å². The maximum Gasteiger partial charge on any atom is 0.269 e. The number of carbonyl (C=O) groups excluding carboxylic acids is 1. The number of carbonyl (C=O) groups is 1. The number of nitrogens with one attached hydrogen (secondary N) is 1. The highest BCUT2D eigenvalue weighted by Crippen LogP contribution is 1.99. The normalized spacial score (nSPS) is 10.1. The van der Waals surface area contributed by atoms with Crippen molar-refractivity contribution >= 4 is 5.91 Å². The molecular weight excluding hydrogens is 282 g/mol. The largest absolute Gasteiger partial charge is 0.395 e. The summed E-state index contributed by atoms with van der Waals surface area (Å²) in [7, 11) is 0. The molecule has 0 bridgehead atoms. The van der Waals surface area contributed by atoms with Crippen molar-refractivity contribution in [3.8, 4) is 11.8 Å². The molecule has 1 rings (SSSR count). The number of aliphatic hydroxyl groups excluding tert-OH is 1. The fourth-order valence-corrected chi connectivity index (χ4v) is 1.32. The van der Waals surface area contributed by atoms with E-state index in [9.17, 15) is 13.6 Å². The summed E-state index contributed by atoms with van der Waals surface area (Å²) in [4.78, 5) is 15.6. The summed E-state index contributed by atoms with van der Waals surface area (Å²) < 4.78 is 28.2. The lowest BCUT2D eigenvalue weighted by molar-refractivity contribution is 0.0188. The average Bonchev–Trinajstić information content (AvgIpc) is 2.47. The van der Waals surface area contributed by atoms with E-state index in [1.165, 1.54) is 12.3 Å². The Morgan fingerprint density at radius 3 is 2.90 bits per heavy atom. The van der Waals surface area contributed by atoms with E-state index in [4.69, 9.17) is 5.11 Å². The Bertz CT molecular complexity index is 495. The van der Waals surface area contributed by atoms with Gasteiger partial charge in [0.1, 0.15) is 12.3 Å². The van der Waals surface area contributed by atoms with Gasteiger partial charge in [0.15, 0.2) is 0 Å². The molecule has 1 amide bonds. The highest BCUT2D eigenvalue weighted by Gasteiger charge is 2.06. The molecule has 7 heteroatoms. The molecule has 0 aliphatic rings. The molecule has 2 N–H and O–H groups in total. The SMILES string of the molecule is O=C(NCCOCC(F)F)c1ccc(C#CCCO)cn1. The van der Waals surface area contributed by atoms with Crippen LogP contribution < -0.4 is 5.32 Å². The van der Waals surface area contributed by atoms with Crippen LogP contribution in [0.1, 0.15) is 22.5 Å². The van der Waals surface area contributed by atoms with Crippen molar-refractivity contribution in [3.63, 3.8) is 0 Å². The molecular formula is C14H16F2N2O3. The van der Waals surface area contributed by atoms with Crippen LogP contribution in [0.3, 0.4) is 0 Å². The lowest BCUT2D eigenvalue weighted by Gasteiger charge is -2.05. The summed E-state index contributed by atoms with van der Waals surface area (Å²) in [5.74, 6) is 5.11. The number of hydrogen-bond acceptors (Lipinski definition) is 4. The first-order valence-corrected chi connectivity index (χ1v) is 6.33. The Hall–Kier alpha value is -2.04. The van der Waals surface area contributed by atoms with Gasteiger partial charge in [0, 0.05) is 24.7 Å². The zero-order chi connectivity index (χ0) is 15.5. The third-order valence-electron chi connectivity index (χ3n) is 2.24. The molecule has 0 aliphatic heterocycles. The first kappa shape index (κ1) is 17.0. The van der Waals surface area contributed by atoms with Crippen LogP contribution in [0.25, 0.3) is 0 Å². The Morgan fingerprint density at radius 2 is 2.29 bits per heavy atom. The van der Waals surface area contributed by atoms with E-state index in [1.54, 1.807) is 6.07 Å². The maximum atomic E-state index is 11.8. The van der Waals surface area contributed by atoms with Gasteiger partial charge in [-0.2, -0.15) is 0 Å². The summed E-state index contributed by atoms with van der Waals surface area (Å²) in [6.45, 7) is -0.504. The van der Waals surface area contributed by atoms with E-state index in [0.29, 0.717) is 12.0 Å². The van der Waals surface area contributed by atoms with Gasteiger partial charge >= 0.3 is 0 Å². The van der Waals surface area contributed by atoms with Crippen LogP contribution in [0.5, 0.6) is 0 Å². The summed E-state index contributed by atoms with van der Waals surface area (Å²) in [5, 5.41) is 11.1.